The molecule has 1 heterocycles. The maximum atomic E-state index is 12.1. The van der Waals surface area contributed by atoms with E-state index in [1.165, 1.54) is 6.33 Å². The molecule has 1 amide bonds. The van der Waals surface area contributed by atoms with Crippen LogP contribution < -0.4 is 10.1 Å². The van der Waals surface area contributed by atoms with Crippen LogP contribution in [0.15, 0.2) is 53.3 Å². The van der Waals surface area contributed by atoms with Gasteiger partial charge in [0.1, 0.15) is 12.4 Å². The predicted molar refractivity (Wildman–Crippen MR) is 92.5 cm³/mol. The molecule has 1 aromatic heterocycles. The standard InChI is InChI=1S/C17H11BrN4O2/c18-12-5-6-15-13(7-12)17(21-10-20-15)24-9-16(23)22-14-4-2-1-3-11(14)8-19/h1-7,10H,9H2,(H,22,23). The second kappa shape index (κ2) is 7.06. The lowest BCUT2D eigenvalue weighted by molar-refractivity contribution is -0.118. The van der Waals surface area contributed by atoms with Gasteiger partial charge in [0.2, 0.25) is 5.88 Å². The number of nitriles is 1. The van der Waals surface area contributed by atoms with E-state index in [4.69, 9.17) is 10.00 Å². The second-order valence-electron chi connectivity index (χ2n) is 4.83. The number of para-hydroxylation sites is 1. The molecule has 0 saturated heterocycles. The number of aromatic nitrogens is 2. The Bertz CT molecular complexity index is 953. The van der Waals surface area contributed by atoms with E-state index in [9.17, 15) is 4.79 Å². The average molecular weight is 383 g/mol. The first-order valence-corrected chi connectivity index (χ1v) is 7.79. The van der Waals surface area contributed by atoms with Crippen LogP contribution in [0.5, 0.6) is 5.88 Å². The Labute approximate surface area is 146 Å². The third-order valence-corrected chi connectivity index (χ3v) is 3.72. The van der Waals surface area contributed by atoms with Crippen molar-refractivity contribution in [3.63, 3.8) is 0 Å². The molecule has 0 spiro atoms. The largest absolute Gasteiger partial charge is 0.467 e. The van der Waals surface area contributed by atoms with E-state index in [2.05, 4.69) is 31.2 Å². The van der Waals surface area contributed by atoms with Crippen molar-refractivity contribution in [2.45, 2.75) is 0 Å². The maximum absolute atomic E-state index is 12.1. The van der Waals surface area contributed by atoms with Gasteiger partial charge in [0.05, 0.1) is 22.2 Å². The number of hydrogen-bond donors (Lipinski definition) is 1. The third-order valence-electron chi connectivity index (χ3n) is 3.22. The topological polar surface area (TPSA) is 87.9 Å². The Morgan fingerprint density at radius 2 is 2.08 bits per heavy atom. The van der Waals surface area contributed by atoms with Crippen LogP contribution in [-0.2, 0) is 4.79 Å². The van der Waals surface area contributed by atoms with Crippen LogP contribution in [0.25, 0.3) is 10.9 Å². The molecule has 0 aliphatic heterocycles. The molecular formula is C17H11BrN4O2. The van der Waals surface area contributed by atoms with E-state index in [1.807, 2.05) is 24.3 Å². The molecule has 0 aliphatic carbocycles. The predicted octanol–water partition coefficient (Wildman–Crippen LogP) is 3.28. The van der Waals surface area contributed by atoms with Crippen LogP contribution in [0.4, 0.5) is 5.69 Å². The summed E-state index contributed by atoms with van der Waals surface area (Å²) in [6, 6.07) is 14.3. The molecule has 2 aromatic carbocycles. The van der Waals surface area contributed by atoms with Gasteiger partial charge in [0.15, 0.2) is 6.61 Å². The minimum absolute atomic E-state index is 0.224. The maximum Gasteiger partial charge on any atom is 0.262 e. The van der Waals surface area contributed by atoms with Crippen molar-refractivity contribution in [3.8, 4) is 11.9 Å². The molecule has 3 rings (SSSR count). The quantitative estimate of drug-likeness (QED) is 0.747. The van der Waals surface area contributed by atoms with Gasteiger partial charge < -0.3 is 10.1 Å². The summed E-state index contributed by atoms with van der Waals surface area (Å²) in [5.74, 6) is -0.0514. The highest BCUT2D eigenvalue weighted by molar-refractivity contribution is 9.10. The summed E-state index contributed by atoms with van der Waals surface area (Å²) in [7, 11) is 0. The fourth-order valence-electron chi connectivity index (χ4n) is 2.13. The second-order valence-corrected chi connectivity index (χ2v) is 5.75. The zero-order valence-electron chi connectivity index (χ0n) is 12.4. The third kappa shape index (κ3) is 3.50. The summed E-state index contributed by atoms with van der Waals surface area (Å²) in [4.78, 5) is 20.3. The van der Waals surface area contributed by atoms with Gasteiger partial charge in [-0.15, -0.1) is 0 Å². The molecule has 0 radical (unpaired) electrons. The summed E-state index contributed by atoms with van der Waals surface area (Å²) in [6.45, 7) is -0.224. The Morgan fingerprint density at radius 1 is 1.25 bits per heavy atom. The van der Waals surface area contributed by atoms with Crippen molar-refractivity contribution in [2.24, 2.45) is 0 Å². The van der Waals surface area contributed by atoms with Gasteiger partial charge >= 0.3 is 0 Å². The monoisotopic (exact) mass is 382 g/mol. The minimum atomic E-state index is -0.376. The number of nitrogens with one attached hydrogen (secondary N) is 1. The highest BCUT2D eigenvalue weighted by Gasteiger charge is 2.10. The highest BCUT2D eigenvalue weighted by atomic mass is 79.9. The van der Waals surface area contributed by atoms with Gasteiger partial charge in [-0.25, -0.2) is 9.97 Å². The zero-order chi connectivity index (χ0) is 16.9. The molecule has 3 aromatic rings. The first-order chi connectivity index (χ1) is 11.7. The van der Waals surface area contributed by atoms with Gasteiger partial charge in [0, 0.05) is 4.47 Å². The summed E-state index contributed by atoms with van der Waals surface area (Å²) in [6.07, 6.45) is 1.38. The molecule has 0 aliphatic rings. The molecule has 0 saturated carbocycles. The van der Waals surface area contributed by atoms with Crippen LogP contribution in [0.1, 0.15) is 5.56 Å². The molecule has 1 N–H and O–H groups in total. The lowest BCUT2D eigenvalue weighted by Gasteiger charge is -2.09. The van der Waals surface area contributed by atoms with Crippen LogP contribution >= 0.6 is 15.9 Å². The first kappa shape index (κ1) is 15.9. The zero-order valence-corrected chi connectivity index (χ0v) is 13.9. The number of ether oxygens (including phenoxy) is 1. The number of rotatable bonds is 4. The molecule has 7 heteroatoms. The number of halogens is 1. The molecule has 0 bridgehead atoms. The Kier molecular flexibility index (Phi) is 4.68. The molecule has 118 valence electrons. The van der Waals surface area contributed by atoms with E-state index < -0.39 is 0 Å². The molecule has 0 atom stereocenters. The average Bonchev–Trinajstić information content (AvgIpc) is 2.60. The Hall–Kier alpha value is -2.98. The fourth-order valence-corrected chi connectivity index (χ4v) is 2.49. The van der Waals surface area contributed by atoms with E-state index in [0.717, 1.165) is 9.99 Å². The van der Waals surface area contributed by atoms with E-state index in [1.54, 1.807) is 24.3 Å². The number of nitrogens with zero attached hydrogens (tertiary/aromatic N) is 3. The number of carbonyl (C=O) groups excluding carboxylic acids is 1. The number of carbonyl (C=O) groups is 1. The van der Waals surface area contributed by atoms with Crippen LogP contribution in [0, 0.1) is 11.3 Å². The smallest absolute Gasteiger partial charge is 0.262 e. The van der Waals surface area contributed by atoms with Crippen molar-refractivity contribution >= 4 is 38.4 Å². The van der Waals surface area contributed by atoms with E-state index in [0.29, 0.717) is 22.5 Å². The number of anilines is 1. The Morgan fingerprint density at radius 3 is 2.92 bits per heavy atom. The van der Waals surface area contributed by atoms with Gasteiger partial charge in [0.25, 0.3) is 5.91 Å². The summed E-state index contributed by atoms with van der Waals surface area (Å²) in [5.41, 5.74) is 1.56. The van der Waals surface area contributed by atoms with Crippen molar-refractivity contribution in [1.29, 1.82) is 5.26 Å². The summed E-state index contributed by atoms with van der Waals surface area (Å²) in [5, 5.41) is 12.4. The molecule has 0 unspecified atom stereocenters. The van der Waals surface area contributed by atoms with Crippen LogP contribution in [0.3, 0.4) is 0 Å². The Balaban J connectivity index is 1.73. The van der Waals surface area contributed by atoms with Gasteiger partial charge in [-0.1, -0.05) is 28.1 Å². The van der Waals surface area contributed by atoms with Crippen molar-refractivity contribution in [1.82, 2.24) is 9.97 Å². The lowest BCUT2D eigenvalue weighted by Crippen LogP contribution is -2.21. The van der Waals surface area contributed by atoms with E-state index >= 15 is 0 Å². The lowest BCUT2D eigenvalue weighted by atomic mass is 10.2. The van der Waals surface area contributed by atoms with Crippen molar-refractivity contribution in [3.05, 3.63) is 58.8 Å². The molecule has 6 nitrogen and oxygen atoms in total. The highest BCUT2D eigenvalue weighted by Crippen LogP contribution is 2.24. The van der Waals surface area contributed by atoms with Crippen molar-refractivity contribution in [2.75, 3.05) is 11.9 Å². The van der Waals surface area contributed by atoms with Crippen LogP contribution in [0.2, 0.25) is 0 Å². The summed E-state index contributed by atoms with van der Waals surface area (Å²) >= 11 is 3.39. The van der Waals surface area contributed by atoms with Crippen molar-refractivity contribution < 1.29 is 9.53 Å². The van der Waals surface area contributed by atoms with Gasteiger partial charge in [-0.2, -0.15) is 5.26 Å². The number of fused-ring (bicyclic) bond motifs is 1. The molecule has 0 fully saturated rings. The van der Waals surface area contributed by atoms with Gasteiger partial charge in [-0.05, 0) is 30.3 Å². The van der Waals surface area contributed by atoms with Gasteiger partial charge in [-0.3, -0.25) is 4.79 Å². The first-order valence-electron chi connectivity index (χ1n) is 6.99. The van der Waals surface area contributed by atoms with E-state index in [-0.39, 0.29) is 12.5 Å². The SMILES string of the molecule is N#Cc1ccccc1NC(=O)COc1ncnc2ccc(Br)cc12. The fraction of sp³-hybridized carbons (Fsp3) is 0.0588. The molecule has 24 heavy (non-hydrogen) atoms. The minimum Gasteiger partial charge on any atom is -0.467 e. The number of hydrogen-bond acceptors (Lipinski definition) is 5. The summed E-state index contributed by atoms with van der Waals surface area (Å²) < 4.78 is 6.38. The molecular weight excluding hydrogens is 372 g/mol. The number of amides is 1. The van der Waals surface area contributed by atoms with Crippen LogP contribution in [-0.4, -0.2) is 22.5 Å². The number of benzene rings is 2. The normalized spacial score (nSPS) is 10.2.